The molecule has 0 aliphatic carbocycles. The lowest BCUT2D eigenvalue weighted by atomic mass is 9.82. The number of benzene rings is 1. The number of hydrogen-bond donors (Lipinski definition) is 1. The van der Waals surface area contributed by atoms with Crippen molar-refractivity contribution < 1.29 is 20.0 Å². The maximum Gasteiger partial charge on any atom is 0.410 e. The molecule has 0 unspecified atom stereocenters. The van der Waals surface area contributed by atoms with Crippen LogP contribution in [-0.4, -0.2) is 35.8 Å². The van der Waals surface area contributed by atoms with Crippen LogP contribution >= 0.6 is 0 Å². The van der Waals surface area contributed by atoms with Gasteiger partial charge in [0.25, 0.3) is 0 Å². The van der Waals surface area contributed by atoms with Gasteiger partial charge in [-0.3, -0.25) is 0 Å². The molecular formula is C20H31N2O3+. The zero-order chi connectivity index (χ0) is 18.4. The summed E-state index contributed by atoms with van der Waals surface area (Å²) in [5, 5.41) is 0. The van der Waals surface area contributed by atoms with Gasteiger partial charge in [0.2, 0.25) is 0 Å². The van der Waals surface area contributed by atoms with Gasteiger partial charge in [0.15, 0.2) is 11.4 Å². The first-order valence-corrected chi connectivity index (χ1v) is 9.28. The summed E-state index contributed by atoms with van der Waals surface area (Å²) in [5.41, 5.74) is 8.77. The lowest BCUT2D eigenvalue weighted by Gasteiger charge is -2.34. The van der Waals surface area contributed by atoms with Crippen molar-refractivity contribution in [1.82, 2.24) is 4.90 Å². The van der Waals surface area contributed by atoms with Crippen LogP contribution in [0.2, 0.25) is 0 Å². The third-order valence-corrected chi connectivity index (χ3v) is 5.07. The molecule has 0 saturated carbocycles. The number of rotatable bonds is 1. The van der Waals surface area contributed by atoms with Crippen molar-refractivity contribution in [2.75, 3.05) is 13.1 Å². The van der Waals surface area contributed by atoms with Crippen molar-refractivity contribution in [3.63, 3.8) is 0 Å². The number of nitrogens with zero attached hydrogens (tertiary/aromatic N) is 1. The van der Waals surface area contributed by atoms with E-state index in [9.17, 15) is 4.79 Å². The highest BCUT2D eigenvalue weighted by molar-refractivity contribution is 5.68. The second-order valence-electron chi connectivity index (χ2n) is 8.45. The number of carbonyl (C=O) groups is 1. The van der Waals surface area contributed by atoms with E-state index in [0.717, 1.165) is 43.8 Å². The minimum atomic E-state index is -0.442. The number of likely N-dealkylation sites (tertiary alicyclic amines) is 1. The highest BCUT2D eigenvalue weighted by Crippen LogP contribution is 2.43. The Morgan fingerprint density at radius 2 is 1.96 bits per heavy atom. The van der Waals surface area contributed by atoms with Crippen molar-refractivity contribution in [3.05, 3.63) is 22.8 Å². The van der Waals surface area contributed by atoms with Gasteiger partial charge in [0.1, 0.15) is 11.7 Å². The van der Waals surface area contributed by atoms with Crippen LogP contribution < -0.4 is 10.5 Å². The molecule has 5 nitrogen and oxygen atoms in total. The quantitative estimate of drug-likeness (QED) is 0.847. The van der Waals surface area contributed by atoms with Crippen LogP contribution in [0.5, 0.6) is 5.75 Å². The van der Waals surface area contributed by atoms with Crippen LogP contribution in [0.3, 0.4) is 0 Å². The summed E-state index contributed by atoms with van der Waals surface area (Å²) in [4.78, 5) is 14.1. The highest BCUT2D eigenvalue weighted by atomic mass is 16.6. The zero-order valence-electron chi connectivity index (χ0n) is 16.1. The molecule has 3 N–H and O–H groups in total. The normalized spacial score (nSPS) is 21.0. The van der Waals surface area contributed by atoms with Crippen molar-refractivity contribution >= 4 is 11.8 Å². The van der Waals surface area contributed by atoms with Gasteiger partial charge in [-0.25, -0.2) is 4.79 Å². The number of hydrogen-bond acceptors (Lipinski definition) is 3. The minimum Gasteiger partial charge on any atom is -0.484 e. The van der Waals surface area contributed by atoms with Gasteiger partial charge in [0.05, 0.1) is 0 Å². The fraction of sp³-hybridized carbons (Fsp3) is 0.650. The molecule has 0 spiro atoms. The monoisotopic (exact) mass is 347 g/mol. The first kappa shape index (κ1) is 18.1. The number of piperidine rings is 1. The smallest absolute Gasteiger partial charge is 0.410 e. The molecule has 0 bridgehead atoms. The lowest BCUT2D eigenvalue weighted by molar-refractivity contribution is -0.256. The fourth-order valence-corrected chi connectivity index (χ4v) is 4.08. The summed E-state index contributed by atoms with van der Waals surface area (Å²) in [6.45, 7) is 11.5. The number of amides is 1. The van der Waals surface area contributed by atoms with E-state index in [-0.39, 0.29) is 12.2 Å². The van der Waals surface area contributed by atoms with Crippen LogP contribution in [0.25, 0.3) is 0 Å². The van der Waals surface area contributed by atoms with Crippen LogP contribution in [0, 0.1) is 6.92 Å². The van der Waals surface area contributed by atoms with Crippen molar-refractivity contribution in [2.24, 2.45) is 0 Å². The van der Waals surface area contributed by atoms with Crippen LogP contribution in [0.15, 0.2) is 6.07 Å². The number of carbonyl (C=O) groups excluding carboxylic acids is 1. The molecule has 1 saturated heterocycles. The molecule has 1 fully saturated rings. The SMILES string of the molecule is Cc1cc([NH3+])c2c(c1C1CCN(C(=O)OC(C)(C)C)CC1)C[C@@H](C)O2. The Morgan fingerprint density at radius 1 is 1.32 bits per heavy atom. The van der Waals surface area contributed by atoms with Crippen molar-refractivity contribution in [2.45, 2.75) is 71.5 Å². The first-order valence-electron chi connectivity index (χ1n) is 9.28. The predicted octanol–water partition coefficient (Wildman–Crippen LogP) is 3.31. The lowest BCUT2D eigenvalue weighted by Crippen LogP contribution is -2.42. The Hall–Kier alpha value is -1.75. The molecular weight excluding hydrogens is 316 g/mol. The van der Waals surface area contributed by atoms with E-state index >= 15 is 0 Å². The molecule has 3 rings (SSSR count). The summed E-state index contributed by atoms with van der Waals surface area (Å²) >= 11 is 0. The third-order valence-electron chi connectivity index (χ3n) is 5.07. The summed E-state index contributed by atoms with van der Waals surface area (Å²) in [6, 6.07) is 2.15. The van der Waals surface area contributed by atoms with E-state index in [1.807, 2.05) is 25.7 Å². The first-order chi connectivity index (χ1) is 11.7. The summed E-state index contributed by atoms with van der Waals surface area (Å²) in [6.07, 6.45) is 2.92. The summed E-state index contributed by atoms with van der Waals surface area (Å²) in [7, 11) is 0. The average molecular weight is 347 g/mol. The number of ether oxygens (including phenoxy) is 2. The van der Waals surface area contributed by atoms with Gasteiger partial charge in [0, 0.05) is 31.1 Å². The average Bonchev–Trinajstić information content (AvgIpc) is 2.88. The molecule has 1 atom stereocenters. The Labute approximate surface area is 150 Å². The van der Waals surface area contributed by atoms with E-state index in [1.165, 1.54) is 16.7 Å². The third kappa shape index (κ3) is 3.76. The summed E-state index contributed by atoms with van der Waals surface area (Å²) < 4.78 is 11.5. The van der Waals surface area contributed by atoms with Crippen LogP contribution in [0.1, 0.15) is 63.1 Å². The largest absolute Gasteiger partial charge is 0.484 e. The Kier molecular flexibility index (Phi) is 4.71. The maximum absolute atomic E-state index is 12.3. The topological polar surface area (TPSA) is 66.4 Å². The molecule has 25 heavy (non-hydrogen) atoms. The van der Waals surface area contributed by atoms with Gasteiger partial charge in [-0.05, 0) is 64.5 Å². The van der Waals surface area contributed by atoms with Gasteiger partial charge in [-0.2, -0.15) is 0 Å². The molecule has 1 aromatic carbocycles. The Balaban J connectivity index is 1.74. The van der Waals surface area contributed by atoms with Gasteiger partial charge in [-0.1, -0.05) is 0 Å². The van der Waals surface area contributed by atoms with Crippen LogP contribution in [-0.2, 0) is 11.2 Å². The Morgan fingerprint density at radius 3 is 2.56 bits per heavy atom. The number of quaternary nitrogens is 1. The second kappa shape index (κ2) is 6.52. The maximum atomic E-state index is 12.3. The van der Waals surface area contributed by atoms with E-state index in [1.54, 1.807) is 0 Å². The van der Waals surface area contributed by atoms with Gasteiger partial charge < -0.3 is 20.1 Å². The van der Waals surface area contributed by atoms with Crippen molar-refractivity contribution in [3.8, 4) is 5.75 Å². The fourth-order valence-electron chi connectivity index (χ4n) is 4.08. The van der Waals surface area contributed by atoms with E-state index in [2.05, 4.69) is 25.6 Å². The molecule has 2 aliphatic heterocycles. The number of fused-ring (bicyclic) bond motifs is 1. The zero-order valence-corrected chi connectivity index (χ0v) is 16.1. The van der Waals surface area contributed by atoms with E-state index in [0.29, 0.717) is 5.92 Å². The minimum absolute atomic E-state index is 0.196. The summed E-state index contributed by atoms with van der Waals surface area (Å²) in [5.74, 6) is 1.46. The highest BCUT2D eigenvalue weighted by Gasteiger charge is 2.33. The molecule has 0 aromatic heterocycles. The molecule has 1 amide bonds. The number of aryl methyl sites for hydroxylation is 1. The second-order valence-corrected chi connectivity index (χ2v) is 8.45. The molecule has 138 valence electrons. The predicted molar refractivity (Wildman–Crippen MR) is 97.3 cm³/mol. The van der Waals surface area contributed by atoms with E-state index < -0.39 is 5.60 Å². The standard InChI is InChI=1S/C20H30N2O3/c1-12-10-16(21)18-15(11-13(2)24-18)17(12)14-6-8-22(9-7-14)19(23)25-20(3,4)5/h10,13-14H,6-9,11,21H2,1-5H3/p+1/t13-/m1/s1. The van der Waals surface area contributed by atoms with Gasteiger partial charge >= 0.3 is 6.09 Å². The molecule has 0 radical (unpaired) electrons. The molecule has 2 heterocycles. The van der Waals surface area contributed by atoms with Crippen molar-refractivity contribution in [1.29, 1.82) is 0 Å². The molecule has 1 aromatic rings. The van der Waals surface area contributed by atoms with Crippen LogP contribution in [0.4, 0.5) is 10.5 Å². The molecule has 2 aliphatic rings. The Bertz CT molecular complexity index is 670. The van der Waals surface area contributed by atoms with Gasteiger partial charge in [-0.15, -0.1) is 0 Å². The van der Waals surface area contributed by atoms with E-state index in [4.69, 9.17) is 9.47 Å². The molecule has 5 heteroatoms.